The first-order valence-corrected chi connectivity index (χ1v) is 8.82. The minimum Gasteiger partial charge on any atom is -0.296 e. The van der Waals surface area contributed by atoms with E-state index in [2.05, 4.69) is 15.9 Å². The molecule has 3 aromatic rings. The summed E-state index contributed by atoms with van der Waals surface area (Å²) in [6, 6.07) is 12.7. The molecule has 0 aliphatic rings. The van der Waals surface area contributed by atoms with Crippen LogP contribution in [-0.4, -0.2) is 18.7 Å². The summed E-state index contributed by atoms with van der Waals surface area (Å²) >= 11 is 9.31. The predicted molar refractivity (Wildman–Crippen MR) is 89.1 cm³/mol. The fraction of sp³-hybridized carbons (Fsp3) is 0. The van der Waals surface area contributed by atoms with Crippen LogP contribution in [0.2, 0.25) is 5.02 Å². The Bertz CT molecular complexity index is 981. The van der Waals surface area contributed by atoms with Crippen LogP contribution >= 0.6 is 27.5 Å². The molecule has 1 aromatic heterocycles. The van der Waals surface area contributed by atoms with Crippen LogP contribution in [0.25, 0.3) is 10.9 Å². The standard InChI is InChI=1S/C15H9BrClNO3S/c16-13-8-15-10(7-14(13)17)6-11(9-19)18(15)22(20,21)12-4-2-1-3-5-12/h1-9H. The van der Waals surface area contributed by atoms with Crippen LogP contribution in [0, 0.1) is 0 Å². The number of halogens is 2. The Hall–Kier alpha value is -1.63. The van der Waals surface area contributed by atoms with Gasteiger partial charge in [-0.05, 0) is 46.3 Å². The smallest absolute Gasteiger partial charge is 0.268 e. The minimum absolute atomic E-state index is 0.0491. The van der Waals surface area contributed by atoms with Crippen molar-refractivity contribution >= 4 is 54.7 Å². The fourth-order valence-corrected chi connectivity index (χ4v) is 4.25. The van der Waals surface area contributed by atoms with Crippen LogP contribution in [-0.2, 0) is 10.0 Å². The zero-order valence-electron chi connectivity index (χ0n) is 11.0. The molecular weight excluding hydrogens is 390 g/mol. The number of hydrogen-bond donors (Lipinski definition) is 0. The maximum atomic E-state index is 12.8. The lowest BCUT2D eigenvalue weighted by molar-refractivity contribution is 0.111. The molecule has 0 spiro atoms. The Morgan fingerprint density at radius 2 is 1.77 bits per heavy atom. The van der Waals surface area contributed by atoms with Gasteiger partial charge in [-0.2, -0.15) is 0 Å². The lowest BCUT2D eigenvalue weighted by Crippen LogP contribution is -2.15. The average Bonchev–Trinajstić information content (AvgIpc) is 2.87. The third-order valence-electron chi connectivity index (χ3n) is 3.23. The molecule has 1 heterocycles. The highest BCUT2D eigenvalue weighted by atomic mass is 79.9. The zero-order chi connectivity index (χ0) is 15.9. The second-order valence-electron chi connectivity index (χ2n) is 4.59. The number of hydrogen-bond acceptors (Lipinski definition) is 3. The summed E-state index contributed by atoms with van der Waals surface area (Å²) in [5, 5.41) is 1.02. The van der Waals surface area contributed by atoms with Gasteiger partial charge >= 0.3 is 0 Å². The van der Waals surface area contributed by atoms with Crippen molar-refractivity contribution in [2.24, 2.45) is 0 Å². The van der Waals surface area contributed by atoms with Crippen molar-refractivity contribution in [2.75, 3.05) is 0 Å². The zero-order valence-corrected chi connectivity index (χ0v) is 14.2. The van der Waals surface area contributed by atoms with Crippen molar-refractivity contribution in [3.8, 4) is 0 Å². The highest BCUT2D eigenvalue weighted by Gasteiger charge is 2.23. The van der Waals surface area contributed by atoms with Gasteiger partial charge < -0.3 is 0 Å². The highest BCUT2D eigenvalue weighted by Crippen LogP contribution is 2.32. The molecule has 0 aliphatic carbocycles. The molecule has 0 amide bonds. The molecule has 0 saturated heterocycles. The van der Waals surface area contributed by atoms with Crippen molar-refractivity contribution in [2.45, 2.75) is 4.90 Å². The minimum atomic E-state index is -3.87. The van der Waals surface area contributed by atoms with Crippen LogP contribution in [0.15, 0.2) is 57.9 Å². The van der Waals surface area contributed by atoms with Crippen molar-refractivity contribution < 1.29 is 13.2 Å². The second kappa shape index (κ2) is 5.53. The molecule has 0 N–H and O–H groups in total. The van der Waals surface area contributed by atoms with E-state index >= 15 is 0 Å². The van der Waals surface area contributed by atoms with Gasteiger partial charge in [-0.25, -0.2) is 12.4 Å². The first-order chi connectivity index (χ1) is 10.4. The van der Waals surface area contributed by atoms with Gasteiger partial charge in [0.15, 0.2) is 6.29 Å². The second-order valence-corrected chi connectivity index (χ2v) is 7.64. The number of rotatable bonds is 3. The van der Waals surface area contributed by atoms with E-state index in [0.717, 1.165) is 3.97 Å². The molecule has 0 unspecified atom stereocenters. The van der Waals surface area contributed by atoms with E-state index < -0.39 is 10.0 Å². The van der Waals surface area contributed by atoms with Crippen LogP contribution in [0.5, 0.6) is 0 Å². The number of nitrogens with zero attached hydrogens (tertiary/aromatic N) is 1. The molecule has 4 nitrogen and oxygen atoms in total. The summed E-state index contributed by atoms with van der Waals surface area (Å²) in [7, 11) is -3.87. The maximum Gasteiger partial charge on any atom is 0.268 e. The number of benzene rings is 2. The molecule has 22 heavy (non-hydrogen) atoms. The summed E-state index contributed by atoms with van der Waals surface area (Å²) in [5.74, 6) is 0. The van der Waals surface area contributed by atoms with E-state index in [1.165, 1.54) is 18.2 Å². The van der Waals surface area contributed by atoms with E-state index in [0.29, 0.717) is 26.7 Å². The molecule has 7 heteroatoms. The Labute approximate surface area is 140 Å². The van der Waals surface area contributed by atoms with Gasteiger partial charge in [-0.3, -0.25) is 4.79 Å². The van der Waals surface area contributed by atoms with E-state index in [1.807, 2.05) is 0 Å². The Morgan fingerprint density at radius 3 is 2.41 bits per heavy atom. The molecule has 0 bridgehead atoms. The lowest BCUT2D eigenvalue weighted by Gasteiger charge is -2.09. The summed E-state index contributed by atoms with van der Waals surface area (Å²) in [4.78, 5) is 11.4. The lowest BCUT2D eigenvalue weighted by atomic mass is 10.2. The van der Waals surface area contributed by atoms with Gasteiger partial charge in [0.1, 0.15) is 0 Å². The average molecular weight is 399 g/mol. The SMILES string of the molecule is O=Cc1cc2cc(Cl)c(Br)cc2n1S(=O)(=O)c1ccccc1. The Balaban J connectivity index is 2.39. The van der Waals surface area contributed by atoms with E-state index in [1.54, 1.807) is 30.3 Å². The Morgan fingerprint density at radius 1 is 1.09 bits per heavy atom. The highest BCUT2D eigenvalue weighted by molar-refractivity contribution is 9.10. The van der Waals surface area contributed by atoms with Gasteiger partial charge in [0, 0.05) is 9.86 Å². The van der Waals surface area contributed by atoms with Crippen molar-refractivity contribution in [1.82, 2.24) is 3.97 Å². The number of aromatic nitrogens is 1. The molecule has 0 saturated carbocycles. The van der Waals surface area contributed by atoms with Crippen molar-refractivity contribution in [3.05, 3.63) is 63.7 Å². The van der Waals surface area contributed by atoms with Gasteiger partial charge in [-0.15, -0.1) is 0 Å². The van der Waals surface area contributed by atoms with Gasteiger partial charge in [0.25, 0.3) is 10.0 Å². The molecule has 0 atom stereocenters. The maximum absolute atomic E-state index is 12.8. The predicted octanol–water partition coefficient (Wildman–Crippen LogP) is 4.11. The number of aldehydes is 1. The third-order valence-corrected chi connectivity index (χ3v) is 6.18. The normalized spacial score (nSPS) is 11.7. The van der Waals surface area contributed by atoms with Crippen LogP contribution in [0.1, 0.15) is 10.5 Å². The monoisotopic (exact) mass is 397 g/mol. The molecule has 112 valence electrons. The molecule has 0 aliphatic heterocycles. The summed E-state index contributed by atoms with van der Waals surface area (Å²) in [6.45, 7) is 0. The molecule has 3 rings (SSSR count). The van der Waals surface area contributed by atoms with Crippen molar-refractivity contribution in [1.29, 1.82) is 0 Å². The summed E-state index contributed by atoms with van der Waals surface area (Å²) in [6.07, 6.45) is 0.516. The molecule has 0 fully saturated rings. The van der Waals surface area contributed by atoms with E-state index in [4.69, 9.17) is 11.6 Å². The Kier molecular flexibility index (Phi) is 3.84. The molecular formula is C15H9BrClNO3S. The van der Waals surface area contributed by atoms with Crippen LogP contribution < -0.4 is 0 Å². The van der Waals surface area contributed by atoms with Gasteiger partial charge in [0.05, 0.1) is 21.1 Å². The number of carbonyl (C=O) groups excluding carboxylic acids is 1. The third kappa shape index (κ3) is 2.37. The first kappa shape index (κ1) is 15.3. The molecule has 0 radical (unpaired) electrons. The van der Waals surface area contributed by atoms with Crippen LogP contribution in [0.4, 0.5) is 0 Å². The summed E-state index contributed by atoms with van der Waals surface area (Å²) < 4.78 is 27.3. The van der Waals surface area contributed by atoms with E-state index in [9.17, 15) is 13.2 Å². The van der Waals surface area contributed by atoms with Gasteiger partial charge in [-0.1, -0.05) is 29.8 Å². The molecule has 2 aromatic carbocycles. The topological polar surface area (TPSA) is 56.1 Å². The summed E-state index contributed by atoms with van der Waals surface area (Å²) in [5.41, 5.74) is 0.440. The first-order valence-electron chi connectivity index (χ1n) is 6.21. The van der Waals surface area contributed by atoms with E-state index in [-0.39, 0.29) is 10.6 Å². The quantitative estimate of drug-likeness (QED) is 0.624. The van der Waals surface area contributed by atoms with Crippen LogP contribution in [0.3, 0.4) is 0 Å². The number of fused-ring (bicyclic) bond motifs is 1. The van der Waals surface area contributed by atoms with Crippen molar-refractivity contribution in [3.63, 3.8) is 0 Å². The fourth-order valence-electron chi connectivity index (χ4n) is 2.25. The number of carbonyl (C=O) groups is 1. The largest absolute Gasteiger partial charge is 0.296 e. The van der Waals surface area contributed by atoms with Gasteiger partial charge in [0.2, 0.25) is 0 Å².